The molecule has 0 heterocycles. The Labute approximate surface area is 89.7 Å². The van der Waals surface area contributed by atoms with E-state index < -0.39 is 0 Å². The minimum atomic E-state index is 0.803. The summed E-state index contributed by atoms with van der Waals surface area (Å²) in [4.78, 5) is 0. The number of rotatable bonds is 8. The fraction of sp³-hybridized carbons (Fsp3) is 1.00. The monoisotopic (exact) mass is 197 g/mol. The van der Waals surface area contributed by atoms with Crippen LogP contribution in [-0.2, 0) is 0 Å². The Morgan fingerprint density at radius 2 is 2.00 bits per heavy atom. The maximum atomic E-state index is 3.48. The second-order valence-corrected chi connectivity index (χ2v) is 4.87. The van der Waals surface area contributed by atoms with Crippen molar-refractivity contribution in [2.75, 3.05) is 7.05 Å². The van der Waals surface area contributed by atoms with Crippen LogP contribution in [0.1, 0.15) is 64.7 Å². The topological polar surface area (TPSA) is 12.0 Å². The van der Waals surface area contributed by atoms with Crippen LogP contribution in [0.15, 0.2) is 0 Å². The van der Waals surface area contributed by atoms with Crippen molar-refractivity contribution in [3.05, 3.63) is 0 Å². The summed E-state index contributed by atoms with van der Waals surface area (Å²) in [6.07, 6.45) is 12.9. The van der Waals surface area contributed by atoms with Crippen molar-refractivity contribution in [3.8, 4) is 0 Å². The van der Waals surface area contributed by atoms with Gasteiger partial charge in [0, 0.05) is 6.04 Å². The average molecular weight is 197 g/mol. The fourth-order valence-electron chi connectivity index (χ4n) is 2.33. The predicted octanol–water partition coefficient (Wildman–Crippen LogP) is 3.74. The summed E-state index contributed by atoms with van der Waals surface area (Å²) >= 11 is 0. The second kappa shape index (κ2) is 7.28. The first kappa shape index (κ1) is 12.0. The molecule has 1 aliphatic carbocycles. The molecule has 14 heavy (non-hydrogen) atoms. The van der Waals surface area contributed by atoms with E-state index in [0.29, 0.717) is 0 Å². The SMILES string of the molecule is CCCCCCC(CC1CCC1)NC. The van der Waals surface area contributed by atoms with Crippen LogP contribution in [0.25, 0.3) is 0 Å². The maximum Gasteiger partial charge on any atom is 0.00667 e. The van der Waals surface area contributed by atoms with Gasteiger partial charge in [0.05, 0.1) is 0 Å². The zero-order valence-corrected chi connectivity index (χ0v) is 10.0. The number of unbranched alkanes of at least 4 members (excludes halogenated alkanes) is 3. The third kappa shape index (κ3) is 4.45. The van der Waals surface area contributed by atoms with Gasteiger partial charge in [-0.05, 0) is 25.8 Å². The van der Waals surface area contributed by atoms with Crippen molar-refractivity contribution in [3.63, 3.8) is 0 Å². The molecule has 0 bridgehead atoms. The van der Waals surface area contributed by atoms with Crippen LogP contribution in [-0.4, -0.2) is 13.1 Å². The Morgan fingerprint density at radius 3 is 2.50 bits per heavy atom. The van der Waals surface area contributed by atoms with E-state index in [0.717, 1.165) is 12.0 Å². The zero-order chi connectivity index (χ0) is 10.2. The molecular formula is C13H27N. The Bertz CT molecular complexity index is 129. The standard InChI is InChI=1S/C13H27N/c1-3-4-5-6-10-13(14-2)11-12-8-7-9-12/h12-14H,3-11H2,1-2H3. The van der Waals surface area contributed by atoms with Gasteiger partial charge in [0.25, 0.3) is 0 Å². The van der Waals surface area contributed by atoms with Crippen LogP contribution >= 0.6 is 0 Å². The summed E-state index contributed by atoms with van der Waals surface area (Å²) in [7, 11) is 2.13. The predicted molar refractivity (Wildman–Crippen MR) is 63.6 cm³/mol. The molecule has 1 atom stereocenters. The van der Waals surface area contributed by atoms with Crippen molar-refractivity contribution in [2.45, 2.75) is 70.8 Å². The van der Waals surface area contributed by atoms with Crippen LogP contribution in [0, 0.1) is 5.92 Å². The molecule has 0 radical (unpaired) electrons. The van der Waals surface area contributed by atoms with E-state index in [1.165, 1.54) is 57.8 Å². The Morgan fingerprint density at radius 1 is 1.21 bits per heavy atom. The molecule has 0 aromatic rings. The van der Waals surface area contributed by atoms with Gasteiger partial charge in [-0.15, -0.1) is 0 Å². The quantitative estimate of drug-likeness (QED) is 0.585. The van der Waals surface area contributed by atoms with E-state index in [-0.39, 0.29) is 0 Å². The number of hydrogen-bond donors (Lipinski definition) is 1. The minimum Gasteiger partial charge on any atom is -0.317 e. The molecule has 1 N–H and O–H groups in total. The van der Waals surface area contributed by atoms with Crippen molar-refractivity contribution < 1.29 is 0 Å². The molecular weight excluding hydrogens is 170 g/mol. The third-order valence-corrected chi connectivity index (χ3v) is 3.66. The van der Waals surface area contributed by atoms with Crippen molar-refractivity contribution >= 4 is 0 Å². The molecule has 0 aromatic heterocycles. The Kier molecular flexibility index (Phi) is 6.25. The van der Waals surface area contributed by atoms with E-state index in [2.05, 4.69) is 19.3 Å². The zero-order valence-electron chi connectivity index (χ0n) is 10.0. The number of nitrogens with one attached hydrogen (secondary N) is 1. The van der Waals surface area contributed by atoms with Gasteiger partial charge in [-0.1, -0.05) is 51.9 Å². The fourth-order valence-corrected chi connectivity index (χ4v) is 2.33. The number of hydrogen-bond acceptors (Lipinski definition) is 1. The molecule has 1 unspecified atom stereocenters. The molecule has 0 aromatic carbocycles. The first-order valence-electron chi connectivity index (χ1n) is 6.54. The van der Waals surface area contributed by atoms with Gasteiger partial charge in [-0.2, -0.15) is 0 Å². The first-order chi connectivity index (χ1) is 6.86. The summed E-state index contributed by atoms with van der Waals surface area (Å²) in [6.45, 7) is 2.28. The minimum absolute atomic E-state index is 0.803. The molecule has 1 aliphatic rings. The van der Waals surface area contributed by atoms with Crippen LogP contribution in [0.3, 0.4) is 0 Å². The van der Waals surface area contributed by atoms with Crippen LogP contribution in [0.5, 0.6) is 0 Å². The van der Waals surface area contributed by atoms with Crippen molar-refractivity contribution in [1.29, 1.82) is 0 Å². The highest BCUT2D eigenvalue weighted by atomic mass is 14.9. The van der Waals surface area contributed by atoms with Crippen LogP contribution in [0.4, 0.5) is 0 Å². The van der Waals surface area contributed by atoms with Gasteiger partial charge in [-0.25, -0.2) is 0 Å². The maximum absolute atomic E-state index is 3.48. The molecule has 1 nitrogen and oxygen atoms in total. The highest BCUT2D eigenvalue weighted by molar-refractivity contribution is 4.76. The van der Waals surface area contributed by atoms with Gasteiger partial charge in [0.1, 0.15) is 0 Å². The second-order valence-electron chi connectivity index (χ2n) is 4.87. The highest BCUT2D eigenvalue weighted by Gasteiger charge is 2.20. The van der Waals surface area contributed by atoms with E-state index in [1.807, 2.05) is 0 Å². The van der Waals surface area contributed by atoms with Crippen LogP contribution in [0.2, 0.25) is 0 Å². The van der Waals surface area contributed by atoms with E-state index in [9.17, 15) is 0 Å². The molecule has 1 fully saturated rings. The summed E-state index contributed by atoms with van der Waals surface area (Å²) in [5.74, 6) is 1.05. The van der Waals surface area contributed by atoms with E-state index in [1.54, 1.807) is 0 Å². The molecule has 84 valence electrons. The summed E-state index contributed by atoms with van der Waals surface area (Å²) in [5, 5.41) is 3.48. The molecule has 0 saturated heterocycles. The van der Waals surface area contributed by atoms with Gasteiger partial charge in [0.2, 0.25) is 0 Å². The van der Waals surface area contributed by atoms with Gasteiger partial charge in [-0.3, -0.25) is 0 Å². The highest BCUT2D eigenvalue weighted by Crippen LogP contribution is 2.31. The normalized spacial score (nSPS) is 19.3. The smallest absolute Gasteiger partial charge is 0.00667 e. The summed E-state index contributed by atoms with van der Waals surface area (Å²) < 4.78 is 0. The molecule has 1 heteroatoms. The van der Waals surface area contributed by atoms with E-state index in [4.69, 9.17) is 0 Å². The largest absolute Gasteiger partial charge is 0.317 e. The molecule has 0 amide bonds. The summed E-state index contributed by atoms with van der Waals surface area (Å²) in [5.41, 5.74) is 0. The average Bonchev–Trinajstić information content (AvgIpc) is 2.14. The Balaban J connectivity index is 1.99. The molecule has 0 aliphatic heterocycles. The Hall–Kier alpha value is -0.0400. The lowest BCUT2D eigenvalue weighted by Crippen LogP contribution is -2.29. The van der Waals surface area contributed by atoms with Crippen molar-refractivity contribution in [2.24, 2.45) is 5.92 Å². The third-order valence-electron chi connectivity index (χ3n) is 3.66. The first-order valence-corrected chi connectivity index (χ1v) is 6.54. The van der Waals surface area contributed by atoms with Gasteiger partial charge in [0.15, 0.2) is 0 Å². The summed E-state index contributed by atoms with van der Waals surface area (Å²) in [6, 6.07) is 0.803. The van der Waals surface area contributed by atoms with Gasteiger partial charge < -0.3 is 5.32 Å². The molecule has 0 spiro atoms. The van der Waals surface area contributed by atoms with Gasteiger partial charge >= 0.3 is 0 Å². The lowest BCUT2D eigenvalue weighted by atomic mass is 9.80. The lowest BCUT2D eigenvalue weighted by molar-refractivity contribution is 0.257. The molecule has 1 rings (SSSR count). The lowest BCUT2D eigenvalue weighted by Gasteiger charge is -2.29. The van der Waals surface area contributed by atoms with Crippen LogP contribution < -0.4 is 5.32 Å². The molecule has 1 saturated carbocycles. The van der Waals surface area contributed by atoms with Crippen molar-refractivity contribution in [1.82, 2.24) is 5.32 Å². The van der Waals surface area contributed by atoms with E-state index >= 15 is 0 Å².